The Kier molecular flexibility index (Phi) is 6.63. The van der Waals surface area contributed by atoms with E-state index < -0.39 is 23.5 Å². The third-order valence-electron chi connectivity index (χ3n) is 1.49. The van der Waals surface area contributed by atoms with E-state index in [1.165, 1.54) is 0 Å². The van der Waals surface area contributed by atoms with Gasteiger partial charge in [0.05, 0.1) is 25.1 Å². The van der Waals surface area contributed by atoms with Gasteiger partial charge in [0, 0.05) is 0 Å². The van der Waals surface area contributed by atoms with Crippen molar-refractivity contribution in [3.63, 3.8) is 0 Å². The van der Waals surface area contributed by atoms with E-state index in [9.17, 15) is 13.0 Å². The monoisotopic (exact) mass is 260 g/mol. The molecule has 15 heavy (non-hydrogen) atoms. The summed E-state index contributed by atoms with van der Waals surface area (Å²) in [5.74, 6) is -0.433. The van der Waals surface area contributed by atoms with Crippen LogP contribution >= 0.6 is 7.60 Å². The topological polar surface area (TPSA) is 89.9 Å². The number of hydrogen-bond donors (Lipinski definition) is 1. The van der Waals surface area contributed by atoms with Crippen molar-refractivity contribution in [2.75, 3.05) is 25.1 Å². The Morgan fingerprint density at radius 1 is 1.20 bits per heavy atom. The normalized spacial score (nSPS) is 13.0. The SMILES string of the molecule is CCOP(=O)(CCCS(=O)(=O)O)OCC. The van der Waals surface area contributed by atoms with Gasteiger partial charge < -0.3 is 9.05 Å². The summed E-state index contributed by atoms with van der Waals surface area (Å²) in [4.78, 5) is 0. The van der Waals surface area contributed by atoms with E-state index >= 15 is 0 Å². The predicted molar refractivity (Wildman–Crippen MR) is 56.8 cm³/mol. The molecular weight excluding hydrogens is 243 g/mol. The van der Waals surface area contributed by atoms with Crippen LogP contribution in [0.25, 0.3) is 0 Å². The lowest BCUT2D eigenvalue weighted by Crippen LogP contribution is -2.08. The van der Waals surface area contributed by atoms with E-state index in [0.29, 0.717) is 0 Å². The highest BCUT2D eigenvalue weighted by Gasteiger charge is 2.23. The van der Waals surface area contributed by atoms with Crippen LogP contribution in [0.4, 0.5) is 0 Å². The molecule has 6 nitrogen and oxygen atoms in total. The Labute approximate surface area is 90.2 Å². The van der Waals surface area contributed by atoms with E-state index in [0.717, 1.165) is 0 Å². The molecule has 0 spiro atoms. The summed E-state index contributed by atoms with van der Waals surface area (Å²) in [6.07, 6.45) is 0.0462. The summed E-state index contributed by atoms with van der Waals surface area (Å²) < 4.78 is 51.0. The molecule has 0 unspecified atom stereocenters. The molecule has 0 saturated heterocycles. The van der Waals surface area contributed by atoms with Crippen molar-refractivity contribution in [1.82, 2.24) is 0 Å². The predicted octanol–water partition coefficient (Wildman–Crippen LogP) is 1.53. The Bertz CT molecular complexity index is 301. The van der Waals surface area contributed by atoms with Crippen LogP contribution < -0.4 is 0 Å². The van der Waals surface area contributed by atoms with Gasteiger partial charge in [-0.15, -0.1) is 0 Å². The maximum absolute atomic E-state index is 11.8. The van der Waals surface area contributed by atoms with Crippen molar-refractivity contribution in [1.29, 1.82) is 0 Å². The zero-order valence-corrected chi connectivity index (χ0v) is 10.6. The molecular formula is C7H17O6PS. The minimum Gasteiger partial charge on any atom is -0.309 e. The maximum Gasteiger partial charge on any atom is 0.330 e. The molecule has 0 bridgehead atoms. The summed E-state index contributed by atoms with van der Waals surface area (Å²) >= 11 is 0. The molecule has 0 aromatic carbocycles. The molecule has 0 aliphatic rings. The molecule has 0 aliphatic carbocycles. The quantitative estimate of drug-likeness (QED) is 0.525. The Hall–Kier alpha value is 0.0600. The standard InChI is InChI=1S/C7H17O6PS/c1-3-12-14(8,13-4-2)6-5-7-15(9,10)11/h3-7H2,1-2H3,(H,9,10,11). The second kappa shape index (κ2) is 6.60. The first-order valence-corrected chi connectivity index (χ1v) is 8.00. The third kappa shape index (κ3) is 7.93. The second-order valence-corrected chi connectivity index (χ2v) is 6.57. The highest BCUT2D eigenvalue weighted by molar-refractivity contribution is 7.85. The summed E-state index contributed by atoms with van der Waals surface area (Å²) in [5.41, 5.74) is 0. The Balaban J connectivity index is 4.13. The highest BCUT2D eigenvalue weighted by Crippen LogP contribution is 2.48. The largest absolute Gasteiger partial charge is 0.330 e. The fourth-order valence-corrected chi connectivity index (χ4v) is 3.39. The first kappa shape index (κ1) is 15.1. The molecule has 92 valence electrons. The van der Waals surface area contributed by atoms with Gasteiger partial charge in [0.15, 0.2) is 0 Å². The molecule has 0 rings (SSSR count). The van der Waals surface area contributed by atoms with E-state index in [4.69, 9.17) is 13.6 Å². The third-order valence-corrected chi connectivity index (χ3v) is 4.46. The Morgan fingerprint density at radius 2 is 1.67 bits per heavy atom. The smallest absolute Gasteiger partial charge is 0.309 e. The van der Waals surface area contributed by atoms with Crippen LogP contribution in [0.3, 0.4) is 0 Å². The van der Waals surface area contributed by atoms with Gasteiger partial charge in [-0.1, -0.05) is 0 Å². The van der Waals surface area contributed by atoms with E-state index in [1.807, 2.05) is 0 Å². The zero-order valence-electron chi connectivity index (χ0n) is 8.88. The maximum atomic E-state index is 11.8. The molecule has 1 N–H and O–H groups in total. The molecule has 0 radical (unpaired) electrons. The number of rotatable bonds is 8. The highest BCUT2D eigenvalue weighted by atomic mass is 32.2. The molecule has 0 aromatic heterocycles. The fourth-order valence-electron chi connectivity index (χ4n) is 1.00. The second-order valence-electron chi connectivity index (χ2n) is 2.81. The summed E-state index contributed by atoms with van der Waals surface area (Å²) in [6, 6.07) is 0. The molecule has 0 amide bonds. The summed E-state index contributed by atoms with van der Waals surface area (Å²) in [6.45, 7) is 3.83. The minimum absolute atomic E-state index is 0.00549. The molecule has 0 aromatic rings. The summed E-state index contributed by atoms with van der Waals surface area (Å²) in [5, 5.41) is 0. The van der Waals surface area contributed by atoms with Gasteiger partial charge in [0.25, 0.3) is 10.1 Å². The van der Waals surface area contributed by atoms with Crippen molar-refractivity contribution in [2.45, 2.75) is 20.3 Å². The zero-order chi connectivity index (χ0) is 11.9. The van der Waals surface area contributed by atoms with Gasteiger partial charge >= 0.3 is 7.60 Å². The van der Waals surface area contributed by atoms with Gasteiger partial charge in [0.1, 0.15) is 0 Å². The molecule has 0 fully saturated rings. The molecule has 0 aliphatic heterocycles. The van der Waals surface area contributed by atoms with Crippen molar-refractivity contribution in [2.24, 2.45) is 0 Å². The van der Waals surface area contributed by atoms with Crippen LogP contribution in [0.2, 0.25) is 0 Å². The van der Waals surface area contributed by atoms with E-state index in [-0.39, 0.29) is 25.8 Å². The van der Waals surface area contributed by atoms with E-state index in [2.05, 4.69) is 0 Å². The van der Waals surface area contributed by atoms with Crippen LogP contribution in [0.15, 0.2) is 0 Å². The van der Waals surface area contributed by atoms with Crippen LogP contribution in [0.1, 0.15) is 20.3 Å². The average molecular weight is 260 g/mol. The van der Waals surface area contributed by atoms with Gasteiger partial charge in [-0.2, -0.15) is 8.42 Å². The first-order chi connectivity index (χ1) is 6.83. The van der Waals surface area contributed by atoms with E-state index in [1.54, 1.807) is 13.8 Å². The van der Waals surface area contributed by atoms with Crippen LogP contribution in [0, 0.1) is 0 Å². The average Bonchev–Trinajstić information content (AvgIpc) is 2.01. The number of hydrogen-bond acceptors (Lipinski definition) is 5. The lowest BCUT2D eigenvalue weighted by Gasteiger charge is -2.16. The van der Waals surface area contributed by atoms with Crippen LogP contribution in [-0.4, -0.2) is 38.1 Å². The first-order valence-electron chi connectivity index (χ1n) is 4.66. The minimum atomic E-state index is -4.01. The lowest BCUT2D eigenvalue weighted by molar-refractivity contribution is 0.220. The van der Waals surface area contributed by atoms with Crippen molar-refractivity contribution in [3.8, 4) is 0 Å². The van der Waals surface area contributed by atoms with Crippen molar-refractivity contribution >= 4 is 17.7 Å². The molecule has 0 saturated carbocycles. The van der Waals surface area contributed by atoms with Crippen molar-refractivity contribution < 1.29 is 26.6 Å². The van der Waals surface area contributed by atoms with Gasteiger partial charge in [-0.25, -0.2) is 0 Å². The molecule has 0 heterocycles. The summed E-state index contributed by atoms with van der Waals surface area (Å²) in [7, 11) is -7.19. The fraction of sp³-hybridized carbons (Fsp3) is 1.00. The van der Waals surface area contributed by atoms with Crippen molar-refractivity contribution in [3.05, 3.63) is 0 Å². The molecule has 8 heteroatoms. The van der Waals surface area contributed by atoms with Crippen LogP contribution in [-0.2, 0) is 23.7 Å². The Morgan fingerprint density at radius 3 is 2.00 bits per heavy atom. The lowest BCUT2D eigenvalue weighted by atomic mass is 10.6. The van der Waals surface area contributed by atoms with Crippen LogP contribution in [0.5, 0.6) is 0 Å². The molecule has 0 atom stereocenters. The van der Waals surface area contributed by atoms with Gasteiger partial charge in [0.2, 0.25) is 0 Å². The van der Waals surface area contributed by atoms with Gasteiger partial charge in [-0.05, 0) is 20.3 Å². The van der Waals surface area contributed by atoms with Gasteiger partial charge in [-0.3, -0.25) is 9.12 Å².